The zero-order valence-electron chi connectivity index (χ0n) is 9.54. The van der Waals surface area contributed by atoms with Gasteiger partial charge in [0, 0.05) is 23.9 Å². The van der Waals surface area contributed by atoms with Gasteiger partial charge < -0.3 is 5.32 Å². The molecule has 1 N–H and O–H groups in total. The Bertz CT molecular complexity index is 628. The van der Waals surface area contributed by atoms with E-state index in [4.69, 9.17) is 0 Å². The molecule has 0 aliphatic rings. The third-order valence-electron chi connectivity index (χ3n) is 2.33. The Morgan fingerprint density at radius 2 is 1.95 bits per heavy atom. The van der Waals surface area contributed by atoms with Crippen molar-refractivity contribution in [1.82, 2.24) is 4.98 Å². The summed E-state index contributed by atoms with van der Waals surface area (Å²) in [5, 5.41) is 13.1. The van der Waals surface area contributed by atoms with Gasteiger partial charge in [-0.05, 0) is 40.2 Å². The quantitative estimate of drug-likeness (QED) is 0.695. The molecule has 1 heterocycles. The summed E-state index contributed by atoms with van der Waals surface area (Å²) in [7, 11) is 0. The van der Waals surface area contributed by atoms with Gasteiger partial charge in [-0.2, -0.15) is 0 Å². The van der Waals surface area contributed by atoms with Crippen LogP contribution in [0.3, 0.4) is 0 Å². The number of nitrogens with one attached hydrogen (secondary N) is 1. The molecule has 2 aromatic rings. The number of aromatic nitrogens is 1. The van der Waals surface area contributed by atoms with Crippen LogP contribution in [0.1, 0.15) is 10.4 Å². The van der Waals surface area contributed by atoms with E-state index in [1.54, 1.807) is 18.3 Å². The average Bonchev–Trinajstić information content (AvgIpc) is 2.41. The van der Waals surface area contributed by atoms with Crippen LogP contribution in [0.25, 0.3) is 0 Å². The van der Waals surface area contributed by atoms with Crippen LogP contribution in [0.15, 0.2) is 47.1 Å². The van der Waals surface area contributed by atoms with E-state index in [1.165, 1.54) is 24.3 Å². The van der Waals surface area contributed by atoms with Crippen molar-refractivity contribution in [3.63, 3.8) is 0 Å². The molecule has 1 aromatic heterocycles. The monoisotopic (exact) mass is 321 g/mol. The molecule has 0 saturated heterocycles. The summed E-state index contributed by atoms with van der Waals surface area (Å²) in [6.45, 7) is 0. The number of amides is 1. The first-order valence-electron chi connectivity index (χ1n) is 5.24. The summed E-state index contributed by atoms with van der Waals surface area (Å²) >= 11 is 3.26. The predicted octanol–water partition coefficient (Wildman–Crippen LogP) is 3.00. The van der Waals surface area contributed by atoms with E-state index in [9.17, 15) is 14.9 Å². The van der Waals surface area contributed by atoms with E-state index in [2.05, 4.69) is 26.2 Å². The van der Waals surface area contributed by atoms with E-state index >= 15 is 0 Å². The lowest BCUT2D eigenvalue weighted by molar-refractivity contribution is -0.384. The number of halogens is 1. The van der Waals surface area contributed by atoms with Gasteiger partial charge in [-0.25, -0.2) is 4.98 Å². The Balaban J connectivity index is 2.16. The van der Waals surface area contributed by atoms with Crippen molar-refractivity contribution in [2.75, 3.05) is 5.32 Å². The standard InChI is InChI=1S/C12H8BrN3O3/c13-10-2-1-7-14-11(10)15-12(17)8-3-5-9(6-4-8)16(18)19/h1-7H,(H,14,15,17). The van der Waals surface area contributed by atoms with Gasteiger partial charge >= 0.3 is 0 Å². The third-order valence-corrected chi connectivity index (χ3v) is 2.97. The Morgan fingerprint density at radius 1 is 1.26 bits per heavy atom. The van der Waals surface area contributed by atoms with Crippen LogP contribution in [0.2, 0.25) is 0 Å². The number of hydrogen-bond acceptors (Lipinski definition) is 4. The molecule has 0 bridgehead atoms. The normalized spacial score (nSPS) is 9.95. The van der Waals surface area contributed by atoms with Crippen molar-refractivity contribution in [2.45, 2.75) is 0 Å². The maximum atomic E-state index is 11.9. The van der Waals surface area contributed by atoms with Gasteiger partial charge in [-0.15, -0.1) is 0 Å². The average molecular weight is 322 g/mol. The van der Waals surface area contributed by atoms with E-state index < -0.39 is 4.92 Å². The number of pyridine rings is 1. The van der Waals surface area contributed by atoms with Crippen LogP contribution >= 0.6 is 15.9 Å². The molecule has 2 rings (SSSR count). The second-order valence-corrected chi connectivity index (χ2v) is 4.45. The zero-order chi connectivity index (χ0) is 13.8. The number of rotatable bonds is 3. The van der Waals surface area contributed by atoms with E-state index in [1.807, 2.05) is 0 Å². The van der Waals surface area contributed by atoms with Crippen molar-refractivity contribution in [1.29, 1.82) is 0 Å². The summed E-state index contributed by atoms with van der Waals surface area (Å²) in [5.41, 5.74) is 0.263. The summed E-state index contributed by atoms with van der Waals surface area (Å²) in [4.78, 5) is 25.9. The van der Waals surface area contributed by atoms with Gasteiger partial charge in [0.1, 0.15) is 5.82 Å². The molecule has 19 heavy (non-hydrogen) atoms. The number of hydrogen-bond donors (Lipinski definition) is 1. The second-order valence-electron chi connectivity index (χ2n) is 3.59. The Labute approximate surface area is 116 Å². The molecule has 0 atom stereocenters. The number of nitro groups is 1. The van der Waals surface area contributed by atoms with Crippen LogP contribution in [0.4, 0.5) is 11.5 Å². The minimum Gasteiger partial charge on any atom is -0.306 e. The number of nitrogens with zero attached hydrogens (tertiary/aromatic N) is 2. The van der Waals surface area contributed by atoms with Gasteiger partial charge in [-0.1, -0.05) is 0 Å². The van der Waals surface area contributed by atoms with Gasteiger partial charge in [0.05, 0.1) is 9.40 Å². The number of nitro benzene ring substituents is 1. The summed E-state index contributed by atoms with van der Waals surface area (Å²) < 4.78 is 0.658. The molecule has 0 radical (unpaired) electrons. The fourth-order valence-corrected chi connectivity index (χ4v) is 1.75. The lowest BCUT2D eigenvalue weighted by Gasteiger charge is -2.05. The molecule has 0 fully saturated rings. The van der Waals surface area contributed by atoms with Crippen molar-refractivity contribution < 1.29 is 9.72 Å². The van der Waals surface area contributed by atoms with Crippen LogP contribution in [-0.2, 0) is 0 Å². The number of non-ortho nitro benzene ring substituents is 1. The fraction of sp³-hybridized carbons (Fsp3) is 0. The molecule has 96 valence electrons. The Morgan fingerprint density at radius 3 is 2.53 bits per heavy atom. The summed E-state index contributed by atoms with van der Waals surface area (Å²) in [6, 6.07) is 8.82. The highest BCUT2D eigenvalue weighted by atomic mass is 79.9. The highest BCUT2D eigenvalue weighted by Crippen LogP contribution is 2.19. The van der Waals surface area contributed by atoms with Crippen molar-refractivity contribution >= 4 is 33.3 Å². The zero-order valence-corrected chi connectivity index (χ0v) is 11.1. The Kier molecular flexibility index (Phi) is 3.86. The van der Waals surface area contributed by atoms with Gasteiger partial charge in [0.25, 0.3) is 11.6 Å². The van der Waals surface area contributed by atoms with Gasteiger partial charge in [-0.3, -0.25) is 14.9 Å². The number of anilines is 1. The van der Waals surface area contributed by atoms with Crippen molar-refractivity contribution in [3.05, 3.63) is 62.7 Å². The van der Waals surface area contributed by atoms with E-state index in [0.717, 1.165) is 0 Å². The first-order valence-corrected chi connectivity index (χ1v) is 6.03. The van der Waals surface area contributed by atoms with Gasteiger partial charge in [0.15, 0.2) is 0 Å². The molecule has 0 spiro atoms. The molecule has 1 amide bonds. The molecule has 0 aliphatic carbocycles. The molecule has 6 nitrogen and oxygen atoms in total. The molecule has 0 aliphatic heterocycles. The maximum absolute atomic E-state index is 11.9. The van der Waals surface area contributed by atoms with Crippen LogP contribution in [-0.4, -0.2) is 15.8 Å². The minimum atomic E-state index is -0.517. The molecule has 1 aromatic carbocycles. The minimum absolute atomic E-state index is 0.0597. The molecule has 0 unspecified atom stereocenters. The lowest BCUT2D eigenvalue weighted by Crippen LogP contribution is -2.13. The van der Waals surface area contributed by atoms with Crippen LogP contribution in [0.5, 0.6) is 0 Å². The molecule has 7 heteroatoms. The second kappa shape index (κ2) is 5.57. The molecular formula is C12H8BrN3O3. The summed E-state index contributed by atoms with van der Waals surface area (Å²) in [6.07, 6.45) is 1.55. The SMILES string of the molecule is O=C(Nc1ncccc1Br)c1ccc([N+](=O)[O-])cc1. The highest BCUT2D eigenvalue weighted by Gasteiger charge is 2.11. The predicted molar refractivity (Wildman–Crippen MR) is 73.0 cm³/mol. The first kappa shape index (κ1) is 13.2. The van der Waals surface area contributed by atoms with Crippen molar-refractivity contribution in [2.24, 2.45) is 0 Å². The third kappa shape index (κ3) is 3.14. The number of benzene rings is 1. The van der Waals surface area contributed by atoms with Crippen LogP contribution in [0, 0.1) is 10.1 Å². The molecular weight excluding hydrogens is 314 g/mol. The highest BCUT2D eigenvalue weighted by molar-refractivity contribution is 9.10. The van der Waals surface area contributed by atoms with Gasteiger partial charge in [0.2, 0.25) is 0 Å². The fourth-order valence-electron chi connectivity index (χ4n) is 1.39. The van der Waals surface area contributed by atoms with Crippen LogP contribution < -0.4 is 5.32 Å². The molecule has 0 saturated carbocycles. The smallest absolute Gasteiger partial charge is 0.269 e. The van der Waals surface area contributed by atoms with E-state index in [-0.39, 0.29) is 11.6 Å². The topological polar surface area (TPSA) is 85.1 Å². The first-order chi connectivity index (χ1) is 9.08. The van der Waals surface area contributed by atoms with E-state index in [0.29, 0.717) is 15.9 Å². The van der Waals surface area contributed by atoms with Crippen molar-refractivity contribution in [3.8, 4) is 0 Å². The number of carbonyl (C=O) groups is 1. The lowest BCUT2D eigenvalue weighted by atomic mass is 10.2. The summed E-state index contributed by atoms with van der Waals surface area (Å²) in [5.74, 6) is 0.0140. The number of carbonyl (C=O) groups excluding carboxylic acids is 1. The largest absolute Gasteiger partial charge is 0.306 e. The maximum Gasteiger partial charge on any atom is 0.269 e. The Hall–Kier alpha value is -2.28.